The number of likely N-dealkylation sites (N-methyl/N-ethyl adjacent to an activating group) is 1. The van der Waals surface area contributed by atoms with Gasteiger partial charge in [-0.3, -0.25) is 4.79 Å². The molecule has 5 heteroatoms. The maximum Gasteiger partial charge on any atom is 0.224 e. The Morgan fingerprint density at radius 3 is 3.00 bits per heavy atom. The number of para-hydroxylation sites is 1. The number of fused-ring (bicyclic) bond motifs is 1. The molecule has 4 nitrogen and oxygen atoms in total. The summed E-state index contributed by atoms with van der Waals surface area (Å²) in [6.45, 7) is 4.78. The molecule has 1 aromatic carbocycles. The number of benzene rings is 1. The molecule has 1 aromatic rings. The molecule has 2 heterocycles. The van der Waals surface area contributed by atoms with Crippen molar-refractivity contribution in [3.05, 3.63) is 29.8 Å². The van der Waals surface area contributed by atoms with Crippen molar-refractivity contribution in [1.82, 2.24) is 10.2 Å². The van der Waals surface area contributed by atoms with Gasteiger partial charge in [0, 0.05) is 62.4 Å². The Morgan fingerprint density at radius 1 is 1.41 bits per heavy atom. The summed E-state index contributed by atoms with van der Waals surface area (Å²) >= 11 is 1.94. The Morgan fingerprint density at radius 2 is 2.23 bits per heavy atom. The fourth-order valence-corrected chi connectivity index (χ4v) is 4.31. The van der Waals surface area contributed by atoms with Crippen molar-refractivity contribution in [2.75, 3.05) is 36.5 Å². The first-order chi connectivity index (χ1) is 10.6. The van der Waals surface area contributed by atoms with Gasteiger partial charge < -0.3 is 15.1 Å². The van der Waals surface area contributed by atoms with Crippen molar-refractivity contribution in [1.29, 1.82) is 0 Å². The lowest BCUT2D eigenvalue weighted by atomic mass is 10.1. The van der Waals surface area contributed by atoms with Crippen LogP contribution in [0, 0.1) is 0 Å². The summed E-state index contributed by atoms with van der Waals surface area (Å²) in [6, 6.07) is 8.98. The lowest BCUT2D eigenvalue weighted by Gasteiger charge is -2.31. The van der Waals surface area contributed by atoms with Crippen LogP contribution in [0.1, 0.15) is 18.9 Å². The summed E-state index contributed by atoms with van der Waals surface area (Å²) in [6.07, 6.45) is 0.614. The van der Waals surface area contributed by atoms with E-state index in [0.29, 0.717) is 12.5 Å². The van der Waals surface area contributed by atoms with Crippen LogP contribution in [0.25, 0.3) is 0 Å². The minimum Gasteiger partial charge on any atom is -0.372 e. The summed E-state index contributed by atoms with van der Waals surface area (Å²) in [5.74, 6) is 2.48. The fraction of sp³-hybridized carbons (Fsp3) is 0.588. The average Bonchev–Trinajstić information content (AvgIpc) is 2.65. The number of amides is 1. The maximum absolute atomic E-state index is 12.8. The molecule has 2 atom stereocenters. The van der Waals surface area contributed by atoms with Crippen LogP contribution in [0.15, 0.2) is 24.3 Å². The molecule has 2 aliphatic heterocycles. The molecule has 3 rings (SSSR count). The van der Waals surface area contributed by atoms with E-state index in [-0.39, 0.29) is 11.9 Å². The van der Waals surface area contributed by atoms with Crippen LogP contribution >= 0.6 is 11.8 Å². The second-order valence-corrected chi connectivity index (χ2v) is 7.46. The molecule has 0 saturated carbocycles. The second-order valence-electron chi connectivity index (χ2n) is 6.31. The van der Waals surface area contributed by atoms with E-state index in [0.717, 1.165) is 31.1 Å². The number of hydrogen-bond donors (Lipinski definition) is 1. The summed E-state index contributed by atoms with van der Waals surface area (Å²) in [7, 11) is 2.11. The van der Waals surface area contributed by atoms with Crippen LogP contribution in [-0.2, 0) is 11.3 Å². The third-order valence-electron chi connectivity index (χ3n) is 4.55. The average molecular weight is 319 g/mol. The monoisotopic (exact) mass is 319 g/mol. The van der Waals surface area contributed by atoms with E-state index in [1.165, 1.54) is 11.3 Å². The fourth-order valence-electron chi connectivity index (χ4n) is 3.36. The number of carbonyl (C=O) groups excluding carboxylic acids is 1. The highest BCUT2D eigenvalue weighted by atomic mass is 32.2. The highest BCUT2D eigenvalue weighted by Crippen LogP contribution is 2.26. The van der Waals surface area contributed by atoms with E-state index >= 15 is 0 Å². The van der Waals surface area contributed by atoms with Crippen molar-refractivity contribution in [3.8, 4) is 0 Å². The molecule has 22 heavy (non-hydrogen) atoms. The summed E-state index contributed by atoms with van der Waals surface area (Å²) in [5, 5.41) is 3.47. The van der Waals surface area contributed by atoms with Crippen LogP contribution in [0.4, 0.5) is 5.69 Å². The zero-order valence-corrected chi connectivity index (χ0v) is 14.2. The Labute approximate surface area is 137 Å². The lowest BCUT2D eigenvalue weighted by molar-refractivity contribution is -0.134. The van der Waals surface area contributed by atoms with Gasteiger partial charge in [-0.05, 0) is 18.6 Å². The highest BCUT2D eigenvalue weighted by Gasteiger charge is 2.28. The minimum absolute atomic E-state index is 0.237. The maximum atomic E-state index is 12.8. The zero-order valence-electron chi connectivity index (χ0n) is 13.4. The number of anilines is 1. The van der Waals surface area contributed by atoms with Crippen molar-refractivity contribution >= 4 is 23.4 Å². The van der Waals surface area contributed by atoms with E-state index in [1.807, 2.05) is 11.8 Å². The van der Waals surface area contributed by atoms with Gasteiger partial charge in [-0.1, -0.05) is 18.2 Å². The molecule has 0 radical (unpaired) electrons. The van der Waals surface area contributed by atoms with Gasteiger partial charge in [0.25, 0.3) is 0 Å². The first-order valence-corrected chi connectivity index (χ1v) is 9.20. The topological polar surface area (TPSA) is 35.6 Å². The van der Waals surface area contributed by atoms with Crippen LogP contribution < -0.4 is 10.2 Å². The van der Waals surface area contributed by atoms with Gasteiger partial charge in [0.1, 0.15) is 0 Å². The Hall–Kier alpha value is -1.20. The largest absolute Gasteiger partial charge is 0.372 e. The molecule has 1 saturated heterocycles. The number of hydrogen-bond acceptors (Lipinski definition) is 4. The van der Waals surface area contributed by atoms with Gasteiger partial charge in [-0.2, -0.15) is 11.8 Å². The van der Waals surface area contributed by atoms with Gasteiger partial charge in [0.05, 0.1) is 0 Å². The van der Waals surface area contributed by atoms with E-state index < -0.39 is 0 Å². The van der Waals surface area contributed by atoms with Crippen molar-refractivity contribution in [2.24, 2.45) is 0 Å². The van der Waals surface area contributed by atoms with Crippen LogP contribution in [0.5, 0.6) is 0 Å². The Kier molecular flexibility index (Phi) is 4.93. The van der Waals surface area contributed by atoms with Gasteiger partial charge in [-0.15, -0.1) is 0 Å². The second kappa shape index (κ2) is 6.92. The van der Waals surface area contributed by atoms with Crippen molar-refractivity contribution in [2.45, 2.75) is 32.0 Å². The van der Waals surface area contributed by atoms with Gasteiger partial charge >= 0.3 is 0 Å². The van der Waals surface area contributed by atoms with Crippen LogP contribution in [0.2, 0.25) is 0 Å². The predicted molar refractivity (Wildman–Crippen MR) is 93.5 cm³/mol. The van der Waals surface area contributed by atoms with Gasteiger partial charge in [0.2, 0.25) is 5.91 Å². The summed E-state index contributed by atoms with van der Waals surface area (Å²) < 4.78 is 0. The van der Waals surface area contributed by atoms with Crippen molar-refractivity contribution < 1.29 is 4.79 Å². The summed E-state index contributed by atoms with van der Waals surface area (Å²) in [5.41, 5.74) is 2.49. The number of nitrogens with zero attached hydrogens (tertiary/aromatic N) is 2. The Bertz CT molecular complexity index is 530. The number of rotatable bonds is 2. The van der Waals surface area contributed by atoms with Crippen LogP contribution in [0.3, 0.4) is 0 Å². The number of thioether (sulfide) groups is 1. The van der Waals surface area contributed by atoms with Crippen LogP contribution in [-0.4, -0.2) is 54.5 Å². The molecule has 2 aliphatic rings. The van der Waals surface area contributed by atoms with Crippen molar-refractivity contribution in [3.63, 3.8) is 0 Å². The third kappa shape index (κ3) is 3.41. The third-order valence-corrected chi connectivity index (χ3v) is 5.68. The quantitative estimate of drug-likeness (QED) is 0.904. The van der Waals surface area contributed by atoms with E-state index in [4.69, 9.17) is 0 Å². The normalized spacial score (nSPS) is 25.5. The molecule has 1 N–H and O–H groups in total. The zero-order chi connectivity index (χ0) is 15.5. The number of carbonyl (C=O) groups is 1. The van der Waals surface area contributed by atoms with E-state index in [9.17, 15) is 4.79 Å². The van der Waals surface area contributed by atoms with E-state index in [2.05, 4.69) is 53.4 Å². The molecule has 0 spiro atoms. The van der Waals surface area contributed by atoms with Gasteiger partial charge in [0.15, 0.2) is 0 Å². The molecule has 1 amide bonds. The molecular weight excluding hydrogens is 294 g/mol. The van der Waals surface area contributed by atoms with Gasteiger partial charge in [-0.25, -0.2) is 0 Å². The molecule has 2 unspecified atom stereocenters. The molecule has 120 valence electrons. The smallest absolute Gasteiger partial charge is 0.224 e. The van der Waals surface area contributed by atoms with E-state index in [1.54, 1.807) is 0 Å². The standard InChI is InChI=1S/C17H25N3OS/c1-13-10-19(2)16-6-4-3-5-14(16)11-20(13)17(21)9-15-12-22-8-7-18-15/h3-6,13,15,18H,7-12H2,1-2H3. The molecular formula is C17H25N3OS. The first-order valence-electron chi connectivity index (χ1n) is 8.05. The highest BCUT2D eigenvalue weighted by molar-refractivity contribution is 7.99. The predicted octanol–water partition coefficient (Wildman–Crippen LogP) is 1.95. The minimum atomic E-state index is 0.237. The summed E-state index contributed by atoms with van der Waals surface area (Å²) in [4.78, 5) is 17.1. The first kappa shape index (κ1) is 15.7. The molecule has 0 aliphatic carbocycles. The Balaban J connectivity index is 1.73. The lowest BCUT2D eigenvalue weighted by Crippen LogP contribution is -2.46. The SMILES string of the molecule is CC1CN(C)c2ccccc2CN1C(=O)CC1CSCCN1. The molecule has 1 fully saturated rings. The number of nitrogens with one attached hydrogen (secondary N) is 1. The molecule has 0 bridgehead atoms. The molecule has 0 aromatic heterocycles.